The van der Waals surface area contributed by atoms with E-state index in [1.54, 1.807) is 0 Å². The number of carbonyl (C=O) groups excluding carboxylic acids is 1. The first kappa shape index (κ1) is 28.7. The molecule has 1 heterocycles. The fraction of sp³-hybridized carbons (Fsp3) is 0.244. The maximum Gasteiger partial charge on any atom is 0.227 e. The Kier molecular flexibility index (Phi) is 7.34. The normalized spacial score (nSPS) is 17.7. The van der Waals surface area contributed by atoms with Crippen LogP contribution in [0, 0.1) is 6.92 Å². The third-order valence-electron chi connectivity index (χ3n) is 9.52. The molecule has 5 aromatic rings. The summed E-state index contributed by atoms with van der Waals surface area (Å²) in [6.45, 7) is 10.9. The third-order valence-corrected chi connectivity index (χ3v) is 9.52. The molecule has 43 heavy (non-hydrogen) atoms. The van der Waals surface area contributed by atoms with Gasteiger partial charge in [0, 0.05) is 23.1 Å². The van der Waals surface area contributed by atoms with E-state index in [4.69, 9.17) is 0 Å². The van der Waals surface area contributed by atoms with Crippen molar-refractivity contribution in [1.29, 1.82) is 0 Å². The van der Waals surface area contributed by atoms with Crippen LogP contribution in [0.5, 0.6) is 0 Å². The molecule has 0 bridgehead atoms. The van der Waals surface area contributed by atoms with Gasteiger partial charge in [-0.05, 0) is 66.6 Å². The molecule has 0 N–H and O–H groups in total. The van der Waals surface area contributed by atoms with E-state index in [1.165, 1.54) is 38.9 Å². The fourth-order valence-electron chi connectivity index (χ4n) is 7.65. The highest BCUT2D eigenvalue weighted by Crippen LogP contribution is 2.53. The third kappa shape index (κ3) is 4.70. The minimum atomic E-state index is -0.556. The number of rotatable bonds is 6. The van der Waals surface area contributed by atoms with E-state index in [-0.39, 0.29) is 16.9 Å². The van der Waals surface area contributed by atoms with Gasteiger partial charge in [-0.15, -0.1) is 0 Å². The zero-order valence-corrected chi connectivity index (χ0v) is 26.0. The molecule has 1 aliphatic rings. The maximum atomic E-state index is 13.6. The van der Waals surface area contributed by atoms with Crippen LogP contribution in [0.25, 0.3) is 0 Å². The molecule has 0 fully saturated rings. The van der Waals surface area contributed by atoms with Gasteiger partial charge in [-0.3, -0.25) is 4.79 Å². The fourth-order valence-corrected chi connectivity index (χ4v) is 7.65. The van der Waals surface area contributed by atoms with Crippen LogP contribution >= 0.6 is 0 Å². The minimum absolute atomic E-state index is 0.158. The number of benzene rings is 5. The lowest BCUT2D eigenvalue weighted by Crippen LogP contribution is -2.55. The van der Waals surface area contributed by atoms with E-state index >= 15 is 0 Å². The first-order chi connectivity index (χ1) is 20.7. The van der Waals surface area contributed by atoms with E-state index in [0.717, 1.165) is 12.1 Å². The van der Waals surface area contributed by atoms with Crippen LogP contribution in [0.3, 0.4) is 0 Å². The topological polar surface area (TPSA) is 20.3 Å². The van der Waals surface area contributed by atoms with Crippen LogP contribution in [0.4, 0.5) is 5.69 Å². The molecule has 0 unspecified atom stereocenters. The van der Waals surface area contributed by atoms with E-state index in [1.807, 2.05) is 6.92 Å². The van der Waals surface area contributed by atoms with Gasteiger partial charge in [-0.1, -0.05) is 147 Å². The van der Waals surface area contributed by atoms with E-state index in [9.17, 15) is 4.79 Å². The number of hydrogen-bond donors (Lipinski definition) is 0. The first-order valence-corrected chi connectivity index (χ1v) is 15.4. The van der Waals surface area contributed by atoms with E-state index < -0.39 is 5.41 Å². The summed E-state index contributed by atoms with van der Waals surface area (Å²) in [7, 11) is 0. The zero-order chi connectivity index (χ0) is 30.2. The second-order valence-electron chi connectivity index (χ2n) is 12.9. The molecular weight excluding hydrogens is 522 g/mol. The van der Waals surface area contributed by atoms with Gasteiger partial charge in [0.15, 0.2) is 0 Å². The number of carbonyl (C=O) groups is 1. The molecule has 216 valence electrons. The van der Waals surface area contributed by atoms with Gasteiger partial charge in [-0.25, -0.2) is 0 Å². The predicted octanol–water partition coefficient (Wildman–Crippen LogP) is 9.61. The molecule has 0 aliphatic carbocycles. The van der Waals surface area contributed by atoms with Crippen molar-refractivity contribution in [1.82, 2.24) is 0 Å². The molecule has 0 saturated heterocycles. The smallest absolute Gasteiger partial charge is 0.227 e. The Hall–Kier alpha value is -4.43. The molecule has 1 amide bonds. The Morgan fingerprint density at radius 2 is 1.16 bits per heavy atom. The maximum absolute atomic E-state index is 13.6. The standard InChI is InChI=1S/C41H41NO/c1-6-38(43)42-37-27-26-35(28-36(37)40(5,29-39(42,3)4)31-24-22-30(2)23-25-31)41(32-16-10-7-11-17-32,33-18-12-8-13-19-33)34-20-14-9-15-21-34/h7-28H,6,29H2,1-5H3/t40-/m1/s1. The molecule has 2 nitrogen and oxygen atoms in total. The van der Waals surface area contributed by atoms with Crippen LogP contribution in [-0.2, 0) is 15.6 Å². The predicted molar refractivity (Wildman–Crippen MR) is 179 cm³/mol. The average Bonchev–Trinajstić information content (AvgIpc) is 3.03. The molecule has 0 radical (unpaired) electrons. The summed E-state index contributed by atoms with van der Waals surface area (Å²) < 4.78 is 0. The lowest BCUT2D eigenvalue weighted by atomic mass is 9.61. The molecule has 2 heteroatoms. The number of aryl methyl sites for hydroxylation is 1. The number of amides is 1. The second kappa shape index (κ2) is 11.0. The molecule has 1 aliphatic heterocycles. The number of nitrogens with zero attached hydrogens (tertiary/aromatic N) is 1. The second-order valence-corrected chi connectivity index (χ2v) is 12.9. The molecule has 0 aromatic heterocycles. The van der Waals surface area contributed by atoms with Gasteiger partial charge in [0.05, 0.1) is 5.41 Å². The largest absolute Gasteiger partial charge is 0.307 e. The van der Waals surface area contributed by atoms with Gasteiger partial charge in [0.25, 0.3) is 0 Å². The summed E-state index contributed by atoms with van der Waals surface area (Å²) in [5, 5.41) is 0. The molecule has 1 atom stereocenters. The number of hydrogen-bond acceptors (Lipinski definition) is 1. The summed E-state index contributed by atoms with van der Waals surface area (Å²) in [5.41, 5.74) is 8.34. The summed E-state index contributed by atoms with van der Waals surface area (Å²) >= 11 is 0. The number of anilines is 1. The van der Waals surface area contributed by atoms with Gasteiger partial charge >= 0.3 is 0 Å². The van der Waals surface area contributed by atoms with Crippen LogP contribution < -0.4 is 4.90 Å². The van der Waals surface area contributed by atoms with Gasteiger partial charge in [0.2, 0.25) is 5.91 Å². The van der Waals surface area contributed by atoms with Crippen LogP contribution in [0.1, 0.15) is 79.5 Å². The highest BCUT2D eigenvalue weighted by molar-refractivity contribution is 5.96. The van der Waals surface area contributed by atoms with Crippen LogP contribution in [-0.4, -0.2) is 11.4 Å². The van der Waals surface area contributed by atoms with Gasteiger partial charge < -0.3 is 4.90 Å². The Morgan fingerprint density at radius 3 is 1.63 bits per heavy atom. The van der Waals surface area contributed by atoms with Crippen molar-refractivity contribution in [2.45, 2.75) is 63.8 Å². The Labute approximate surface area is 257 Å². The van der Waals surface area contributed by atoms with Crippen LogP contribution in [0.2, 0.25) is 0 Å². The van der Waals surface area contributed by atoms with Crippen LogP contribution in [0.15, 0.2) is 133 Å². The van der Waals surface area contributed by atoms with E-state index in [0.29, 0.717) is 6.42 Å². The number of fused-ring (bicyclic) bond motifs is 1. The molecule has 5 aromatic carbocycles. The lowest BCUT2D eigenvalue weighted by Gasteiger charge is -2.52. The summed E-state index contributed by atoms with van der Waals surface area (Å²) in [6, 6.07) is 48.4. The highest BCUT2D eigenvalue weighted by atomic mass is 16.2. The van der Waals surface area contributed by atoms with Crippen molar-refractivity contribution >= 4 is 11.6 Å². The summed E-state index contributed by atoms with van der Waals surface area (Å²) in [6.07, 6.45) is 1.29. The Morgan fingerprint density at radius 1 is 0.674 bits per heavy atom. The molecule has 0 saturated carbocycles. The SMILES string of the molecule is CCC(=O)N1c2ccc(C(c3ccccc3)(c3ccccc3)c3ccccc3)cc2[C@@](C)(c2ccc(C)cc2)CC1(C)C. The average molecular weight is 564 g/mol. The van der Waals surface area contributed by atoms with Crippen molar-refractivity contribution < 1.29 is 4.79 Å². The highest BCUT2D eigenvalue weighted by Gasteiger charge is 2.49. The lowest BCUT2D eigenvalue weighted by molar-refractivity contribution is -0.119. The minimum Gasteiger partial charge on any atom is -0.307 e. The molecular formula is C41H41NO. The first-order valence-electron chi connectivity index (χ1n) is 15.4. The Bertz CT molecular complexity index is 1630. The van der Waals surface area contributed by atoms with Crippen molar-refractivity contribution in [3.8, 4) is 0 Å². The Balaban J connectivity index is 1.72. The van der Waals surface area contributed by atoms with Crippen molar-refractivity contribution in [2.24, 2.45) is 0 Å². The summed E-state index contributed by atoms with van der Waals surface area (Å²) in [4.78, 5) is 15.7. The monoisotopic (exact) mass is 563 g/mol. The van der Waals surface area contributed by atoms with Crippen molar-refractivity contribution in [3.05, 3.63) is 172 Å². The quantitative estimate of drug-likeness (QED) is 0.188. The van der Waals surface area contributed by atoms with Crippen molar-refractivity contribution in [3.63, 3.8) is 0 Å². The molecule has 0 spiro atoms. The van der Waals surface area contributed by atoms with Gasteiger partial charge in [0.1, 0.15) is 0 Å². The summed E-state index contributed by atoms with van der Waals surface area (Å²) in [5.74, 6) is 0.158. The van der Waals surface area contributed by atoms with Crippen molar-refractivity contribution in [2.75, 3.05) is 4.90 Å². The molecule has 6 rings (SSSR count). The zero-order valence-electron chi connectivity index (χ0n) is 26.0. The van der Waals surface area contributed by atoms with E-state index in [2.05, 4.69) is 166 Å². The van der Waals surface area contributed by atoms with Gasteiger partial charge in [-0.2, -0.15) is 0 Å².